The van der Waals surface area contributed by atoms with Gasteiger partial charge in [0.1, 0.15) is 24.9 Å². The maximum absolute atomic E-state index is 13.3. The van der Waals surface area contributed by atoms with E-state index in [1.165, 1.54) is 0 Å². The summed E-state index contributed by atoms with van der Waals surface area (Å²) in [5.41, 5.74) is -0.513. The number of aliphatic imine (C=N–C) groups is 1. The maximum atomic E-state index is 13.3. The lowest BCUT2D eigenvalue weighted by Crippen LogP contribution is -2.67. The van der Waals surface area contributed by atoms with Crippen molar-refractivity contribution in [3.63, 3.8) is 0 Å². The van der Waals surface area contributed by atoms with E-state index in [4.69, 9.17) is 24.0 Å². The highest BCUT2D eigenvalue weighted by Gasteiger charge is 2.64. The van der Waals surface area contributed by atoms with E-state index < -0.39 is 43.6 Å². The molecule has 0 radical (unpaired) electrons. The molecule has 1 saturated heterocycles. The van der Waals surface area contributed by atoms with Gasteiger partial charge in [0.2, 0.25) is 5.95 Å². The third kappa shape index (κ3) is 6.08. The molecule has 12 nitrogen and oxygen atoms in total. The van der Waals surface area contributed by atoms with E-state index in [0.29, 0.717) is 5.65 Å². The van der Waals surface area contributed by atoms with Gasteiger partial charge >= 0.3 is 0 Å². The van der Waals surface area contributed by atoms with Gasteiger partial charge in [0.15, 0.2) is 25.3 Å². The van der Waals surface area contributed by atoms with E-state index >= 15 is 0 Å². The van der Waals surface area contributed by atoms with Gasteiger partial charge in [0, 0.05) is 27.9 Å². The van der Waals surface area contributed by atoms with Crippen molar-refractivity contribution >= 4 is 49.3 Å². The largest absolute Gasteiger partial charge is 0.393 e. The molecule has 1 N–H and O–H groups in total. The molecule has 1 fully saturated rings. The zero-order chi connectivity index (χ0) is 31.5. The number of rotatable bonds is 11. The third-order valence-corrected chi connectivity index (χ3v) is 11.0. The number of imidazole rings is 1. The minimum atomic E-state index is -2.56. The number of H-pyrrole nitrogens is 1. The summed E-state index contributed by atoms with van der Waals surface area (Å²) in [5.74, 6) is 0.135. The molecule has 0 amide bonds. The second kappa shape index (κ2) is 12.8. The molecule has 0 bridgehead atoms. The summed E-state index contributed by atoms with van der Waals surface area (Å²) in [6, 6.07) is 20.4. The van der Waals surface area contributed by atoms with Crippen molar-refractivity contribution in [3.8, 4) is 0 Å². The predicted molar refractivity (Wildman–Crippen MR) is 173 cm³/mol. The lowest BCUT2D eigenvalue weighted by atomic mass is 10.1. The molecule has 5 rings (SSSR count). The van der Waals surface area contributed by atoms with Gasteiger partial charge in [0.05, 0.1) is 18.3 Å². The van der Waals surface area contributed by atoms with E-state index in [2.05, 4.69) is 51.1 Å². The number of hydrogen-bond donors (Lipinski definition) is 1. The van der Waals surface area contributed by atoms with Crippen LogP contribution in [-0.2, 0) is 24.4 Å². The number of oxime groups is 1. The van der Waals surface area contributed by atoms with Gasteiger partial charge in [-0.1, -0.05) is 71.0 Å². The van der Waals surface area contributed by atoms with E-state index in [0.717, 1.165) is 10.4 Å². The molecule has 232 valence electrons. The Morgan fingerprint density at radius 1 is 1.14 bits per heavy atom. The van der Waals surface area contributed by atoms with Crippen LogP contribution in [0.25, 0.3) is 11.2 Å². The first-order chi connectivity index (χ1) is 21.1. The van der Waals surface area contributed by atoms with Gasteiger partial charge in [-0.15, -0.1) is 5.16 Å². The quantitative estimate of drug-likeness (QED) is 0.117. The van der Waals surface area contributed by atoms with Crippen molar-refractivity contribution in [2.24, 2.45) is 10.1 Å². The molecular formula is C31H39N7O5Si. The Morgan fingerprint density at radius 3 is 2.32 bits per heavy atom. The Bertz CT molecular complexity index is 1620. The number of benzene rings is 2. The van der Waals surface area contributed by atoms with Crippen LogP contribution in [0.4, 0.5) is 5.95 Å². The number of methoxy groups -OCH3 is 1. The maximum Gasteiger partial charge on any atom is 0.280 e. The first-order valence-corrected chi connectivity index (χ1v) is 16.1. The number of aromatic nitrogens is 4. The summed E-state index contributed by atoms with van der Waals surface area (Å²) >= 11 is 0. The van der Waals surface area contributed by atoms with Crippen molar-refractivity contribution in [1.29, 1.82) is 0 Å². The van der Waals surface area contributed by atoms with Gasteiger partial charge in [-0.25, -0.2) is 9.98 Å². The van der Waals surface area contributed by atoms with Crippen LogP contribution >= 0.6 is 0 Å². The molecule has 4 atom stereocenters. The summed E-state index contributed by atoms with van der Waals surface area (Å²) in [4.78, 5) is 37.0. The second-order valence-corrected chi connectivity index (χ2v) is 14.8. The van der Waals surface area contributed by atoms with Crippen molar-refractivity contribution in [1.82, 2.24) is 24.4 Å². The third-order valence-electron chi connectivity index (χ3n) is 7.35. The van der Waals surface area contributed by atoms with Crippen molar-refractivity contribution in [3.05, 3.63) is 77.3 Å². The van der Waals surface area contributed by atoms with E-state index in [-0.39, 0.29) is 18.1 Å². The average Bonchev–Trinajstić information content (AvgIpc) is 3.55. The molecule has 3 heterocycles. The SMILES string of the molecule is C=NOC[C@H]1O[C@](n2cnc3c(=O)[nH]c(N=CN(C)C)nc32)([SiH](c2ccccc2)c2ccccc2)[C@H](OC)[C@@H]1OC(C)(C)C. The Balaban J connectivity index is 1.86. The molecule has 2 aromatic carbocycles. The van der Waals surface area contributed by atoms with Crippen LogP contribution in [0.1, 0.15) is 20.8 Å². The number of hydrogen-bond acceptors (Lipinski definition) is 9. The van der Waals surface area contributed by atoms with E-state index in [1.807, 2.05) is 75.8 Å². The zero-order valence-electron chi connectivity index (χ0n) is 25.9. The highest BCUT2D eigenvalue weighted by Crippen LogP contribution is 2.43. The molecule has 13 heteroatoms. The van der Waals surface area contributed by atoms with Crippen molar-refractivity contribution in [2.75, 3.05) is 27.8 Å². The molecule has 2 aromatic heterocycles. The number of nitrogens with one attached hydrogen (secondary N) is 1. The molecule has 4 aromatic rings. The number of fused-ring (bicyclic) bond motifs is 1. The fourth-order valence-corrected chi connectivity index (χ4v) is 9.81. The zero-order valence-corrected chi connectivity index (χ0v) is 27.0. The van der Waals surface area contributed by atoms with E-state index in [9.17, 15) is 4.79 Å². The minimum absolute atomic E-state index is 0.0651. The molecule has 44 heavy (non-hydrogen) atoms. The fraction of sp³-hybridized carbons (Fsp3) is 0.387. The average molecular weight is 618 g/mol. The first-order valence-electron chi connectivity index (χ1n) is 14.3. The summed E-state index contributed by atoms with van der Waals surface area (Å²) < 4.78 is 22.2. The van der Waals surface area contributed by atoms with Crippen molar-refractivity contribution in [2.45, 2.75) is 50.0 Å². The van der Waals surface area contributed by atoms with Crippen LogP contribution in [0.15, 0.2) is 81.9 Å². The van der Waals surface area contributed by atoms with Crippen LogP contribution in [0.3, 0.4) is 0 Å². The minimum Gasteiger partial charge on any atom is -0.393 e. The van der Waals surface area contributed by atoms with Crippen LogP contribution in [0.5, 0.6) is 0 Å². The lowest BCUT2D eigenvalue weighted by molar-refractivity contribution is -0.129. The fourth-order valence-electron chi connectivity index (χ4n) is 5.82. The number of aromatic amines is 1. The molecule has 0 unspecified atom stereocenters. The van der Waals surface area contributed by atoms with Crippen LogP contribution < -0.4 is 15.9 Å². The van der Waals surface area contributed by atoms with Gasteiger partial charge in [-0.2, -0.15) is 4.98 Å². The summed E-state index contributed by atoms with van der Waals surface area (Å²) in [5, 5.41) is 4.56. The highest BCUT2D eigenvalue weighted by atomic mass is 28.3. The molecule has 0 spiro atoms. The Hall–Kier alpha value is -4.17. The van der Waals surface area contributed by atoms with Crippen LogP contribution in [-0.4, -0.2) is 98.0 Å². The summed E-state index contributed by atoms with van der Waals surface area (Å²) in [6.45, 7) is 9.51. The van der Waals surface area contributed by atoms with E-state index in [1.54, 1.807) is 24.7 Å². The normalized spacial score (nSPS) is 22.2. The van der Waals surface area contributed by atoms with Gasteiger partial charge in [0.25, 0.3) is 5.56 Å². The van der Waals surface area contributed by atoms with Gasteiger partial charge in [-0.05, 0) is 20.8 Å². The molecular weight excluding hydrogens is 578 g/mol. The standard InChI is InChI=1S/C31H39N7O5Si/c1-30(2,3)43-25-23(18-41-32-4)42-31(26(25)40-7,44(21-14-10-8-11-15-21)22-16-12-9-13-17-22)38-20-33-24-27(38)35-29(36-28(24)39)34-19-37(5)6/h8-17,19-20,23,25-26,44H,4,18H2,1-3,5-7H3,(H,35,36,39)/t23-,25-,26-,31+/m1/s1. The second-order valence-electron chi connectivity index (χ2n) is 11.8. The topological polar surface area (TPSA) is 128 Å². The summed E-state index contributed by atoms with van der Waals surface area (Å²) in [6.07, 6.45) is 1.25. The molecule has 0 aliphatic carbocycles. The molecule has 1 aliphatic rings. The van der Waals surface area contributed by atoms with Gasteiger partial charge in [-0.3, -0.25) is 14.3 Å². The first kappa shape index (κ1) is 31.3. The Morgan fingerprint density at radius 2 is 1.77 bits per heavy atom. The summed E-state index contributed by atoms with van der Waals surface area (Å²) in [7, 11) is 2.75. The Labute approximate surface area is 258 Å². The van der Waals surface area contributed by atoms with Crippen LogP contribution in [0.2, 0.25) is 0 Å². The highest BCUT2D eigenvalue weighted by molar-refractivity contribution is 6.86. The smallest absolute Gasteiger partial charge is 0.280 e. The Kier molecular flexibility index (Phi) is 9.11. The van der Waals surface area contributed by atoms with Gasteiger partial charge < -0.3 is 23.9 Å². The van der Waals surface area contributed by atoms with Crippen molar-refractivity contribution < 1.29 is 19.0 Å². The number of nitrogens with zero attached hydrogens (tertiary/aromatic N) is 6. The molecule has 0 saturated carbocycles. The monoisotopic (exact) mass is 617 g/mol. The number of ether oxygens (including phenoxy) is 3. The van der Waals surface area contributed by atoms with Crippen LogP contribution in [0, 0.1) is 0 Å². The predicted octanol–water partition coefficient (Wildman–Crippen LogP) is 1.80. The lowest BCUT2D eigenvalue weighted by Gasteiger charge is -2.42. The molecule has 1 aliphatic heterocycles.